The van der Waals surface area contributed by atoms with Crippen LogP contribution in [0, 0.1) is 6.92 Å². The van der Waals surface area contributed by atoms with Crippen molar-refractivity contribution in [3.63, 3.8) is 0 Å². The molecule has 0 amide bonds. The summed E-state index contributed by atoms with van der Waals surface area (Å²) in [6.07, 6.45) is 3.17. The number of allylic oxidation sites excluding steroid dienone is 1. The molecule has 1 aromatic carbocycles. The molecule has 2 rings (SSSR count). The molecule has 1 aromatic heterocycles. The van der Waals surface area contributed by atoms with Gasteiger partial charge in [-0.15, -0.1) is 10.2 Å². The third-order valence-electron chi connectivity index (χ3n) is 2.37. The van der Waals surface area contributed by atoms with Crippen molar-refractivity contribution in [3.8, 4) is 0 Å². The van der Waals surface area contributed by atoms with Crippen LogP contribution in [-0.4, -0.2) is 20.5 Å². The first-order valence-electron chi connectivity index (χ1n) is 5.45. The Kier molecular flexibility index (Phi) is 3.94. The molecule has 1 heterocycles. The summed E-state index contributed by atoms with van der Waals surface area (Å²) < 4.78 is 1.80. The fourth-order valence-corrected chi connectivity index (χ4v) is 2.05. The Balaban J connectivity index is 2.02. The standard InChI is InChI=1S/C13H13N3OS/c1-10-4-3-5-11(8-10)12(17)6-7-18-13-15-14-9-16(13)2/h3-9H,1-2H3/b7-6-. The summed E-state index contributed by atoms with van der Waals surface area (Å²) in [6.45, 7) is 1.97. The molecule has 0 N–H and O–H groups in total. The smallest absolute Gasteiger partial charge is 0.194 e. The average molecular weight is 259 g/mol. The summed E-state index contributed by atoms with van der Waals surface area (Å²) >= 11 is 1.37. The van der Waals surface area contributed by atoms with Crippen LogP contribution in [0.3, 0.4) is 0 Å². The first-order valence-corrected chi connectivity index (χ1v) is 6.33. The molecule has 18 heavy (non-hydrogen) atoms. The molecule has 4 nitrogen and oxygen atoms in total. The molecule has 0 atom stereocenters. The molecule has 0 spiro atoms. The van der Waals surface area contributed by atoms with Crippen LogP contribution in [-0.2, 0) is 7.05 Å². The number of nitrogens with zero attached hydrogens (tertiary/aromatic N) is 3. The zero-order valence-electron chi connectivity index (χ0n) is 10.2. The van der Waals surface area contributed by atoms with Crippen molar-refractivity contribution in [1.82, 2.24) is 14.8 Å². The number of hydrogen-bond acceptors (Lipinski definition) is 4. The maximum absolute atomic E-state index is 11.9. The SMILES string of the molecule is Cc1cccc(C(=O)/C=C\Sc2nncn2C)c1. The Labute approximate surface area is 110 Å². The molecule has 0 aliphatic carbocycles. The number of carbonyl (C=O) groups is 1. The van der Waals surface area contributed by atoms with Gasteiger partial charge in [0.25, 0.3) is 0 Å². The Morgan fingerprint density at radius 3 is 2.94 bits per heavy atom. The normalized spacial score (nSPS) is 11.0. The maximum Gasteiger partial charge on any atom is 0.194 e. The highest BCUT2D eigenvalue weighted by Gasteiger charge is 2.02. The molecule has 0 radical (unpaired) electrons. The van der Waals surface area contributed by atoms with Gasteiger partial charge >= 0.3 is 0 Å². The van der Waals surface area contributed by atoms with E-state index in [1.54, 1.807) is 22.4 Å². The van der Waals surface area contributed by atoms with Crippen LogP contribution in [0.1, 0.15) is 15.9 Å². The van der Waals surface area contributed by atoms with E-state index in [4.69, 9.17) is 0 Å². The summed E-state index contributed by atoms with van der Waals surface area (Å²) in [4.78, 5) is 11.9. The Hall–Kier alpha value is -1.88. The van der Waals surface area contributed by atoms with Crippen molar-refractivity contribution in [2.45, 2.75) is 12.1 Å². The van der Waals surface area contributed by atoms with E-state index in [9.17, 15) is 4.79 Å². The number of thioether (sulfide) groups is 1. The van der Waals surface area contributed by atoms with Crippen LogP contribution in [0.4, 0.5) is 0 Å². The van der Waals surface area contributed by atoms with E-state index in [-0.39, 0.29) is 5.78 Å². The van der Waals surface area contributed by atoms with Crippen molar-refractivity contribution >= 4 is 17.5 Å². The zero-order valence-corrected chi connectivity index (χ0v) is 11.0. The molecule has 5 heteroatoms. The lowest BCUT2D eigenvalue weighted by Gasteiger charge is -1.97. The summed E-state index contributed by atoms with van der Waals surface area (Å²) in [5.41, 5.74) is 1.78. The number of ketones is 1. The first kappa shape index (κ1) is 12.6. The van der Waals surface area contributed by atoms with Gasteiger partial charge in [0.05, 0.1) is 0 Å². The minimum absolute atomic E-state index is 0.00614. The molecule has 0 aliphatic rings. The van der Waals surface area contributed by atoms with E-state index in [0.717, 1.165) is 10.7 Å². The first-order chi connectivity index (χ1) is 8.66. The van der Waals surface area contributed by atoms with E-state index >= 15 is 0 Å². The van der Waals surface area contributed by atoms with Gasteiger partial charge in [-0.2, -0.15) is 0 Å². The maximum atomic E-state index is 11.9. The van der Waals surface area contributed by atoms with Crippen molar-refractivity contribution < 1.29 is 4.79 Å². The van der Waals surface area contributed by atoms with Gasteiger partial charge in [-0.25, -0.2) is 0 Å². The monoisotopic (exact) mass is 259 g/mol. The number of hydrogen-bond donors (Lipinski definition) is 0. The quantitative estimate of drug-likeness (QED) is 0.481. The molecule has 0 fully saturated rings. The van der Waals surface area contributed by atoms with Crippen molar-refractivity contribution in [1.29, 1.82) is 0 Å². The zero-order chi connectivity index (χ0) is 13.0. The van der Waals surface area contributed by atoms with Gasteiger partial charge in [0, 0.05) is 12.6 Å². The van der Waals surface area contributed by atoms with E-state index in [1.165, 1.54) is 11.8 Å². The lowest BCUT2D eigenvalue weighted by molar-refractivity contribution is 0.104. The minimum Gasteiger partial charge on any atom is -0.312 e. The molecule has 2 aromatic rings. The van der Waals surface area contributed by atoms with E-state index in [0.29, 0.717) is 5.56 Å². The average Bonchev–Trinajstić information content (AvgIpc) is 2.75. The van der Waals surface area contributed by atoms with Gasteiger partial charge in [-0.3, -0.25) is 4.79 Å². The number of aromatic nitrogens is 3. The van der Waals surface area contributed by atoms with E-state index in [2.05, 4.69) is 10.2 Å². The minimum atomic E-state index is -0.00614. The van der Waals surface area contributed by atoms with Gasteiger partial charge in [0.2, 0.25) is 0 Å². The highest BCUT2D eigenvalue weighted by atomic mass is 32.2. The molecular formula is C13H13N3OS. The lowest BCUT2D eigenvalue weighted by atomic mass is 10.1. The second-order valence-corrected chi connectivity index (χ2v) is 4.75. The lowest BCUT2D eigenvalue weighted by Crippen LogP contribution is -1.94. The summed E-state index contributed by atoms with van der Waals surface area (Å²) in [7, 11) is 1.86. The van der Waals surface area contributed by atoms with Gasteiger partial charge < -0.3 is 4.57 Å². The van der Waals surface area contributed by atoms with Crippen LogP contribution >= 0.6 is 11.8 Å². The molecule has 0 aliphatic heterocycles. The second-order valence-electron chi connectivity index (χ2n) is 3.88. The number of benzene rings is 1. The third kappa shape index (κ3) is 3.07. The Morgan fingerprint density at radius 1 is 1.44 bits per heavy atom. The summed E-state index contributed by atoms with van der Waals surface area (Å²) in [5, 5.41) is 10.2. The highest BCUT2D eigenvalue weighted by Crippen LogP contribution is 2.15. The van der Waals surface area contributed by atoms with Gasteiger partial charge in [-0.1, -0.05) is 35.5 Å². The second kappa shape index (κ2) is 5.64. The predicted molar refractivity (Wildman–Crippen MR) is 71.5 cm³/mol. The van der Waals surface area contributed by atoms with Crippen LogP contribution in [0.15, 0.2) is 47.2 Å². The summed E-state index contributed by atoms with van der Waals surface area (Å²) in [6, 6.07) is 7.54. The number of aryl methyl sites for hydroxylation is 2. The van der Waals surface area contributed by atoms with Crippen LogP contribution in [0.5, 0.6) is 0 Å². The highest BCUT2D eigenvalue weighted by molar-refractivity contribution is 8.02. The topological polar surface area (TPSA) is 47.8 Å². The molecule has 0 saturated heterocycles. The predicted octanol–water partition coefficient (Wildman–Crippen LogP) is 2.61. The largest absolute Gasteiger partial charge is 0.312 e. The number of rotatable bonds is 4. The van der Waals surface area contributed by atoms with Crippen LogP contribution in [0.25, 0.3) is 0 Å². The molecular weight excluding hydrogens is 246 g/mol. The molecule has 0 unspecified atom stereocenters. The Bertz CT molecular complexity index is 589. The van der Waals surface area contributed by atoms with Gasteiger partial charge in [0.1, 0.15) is 6.33 Å². The van der Waals surface area contributed by atoms with E-state index in [1.807, 2.05) is 38.2 Å². The van der Waals surface area contributed by atoms with E-state index < -0.39 is 0 Å². The van der Waals surface area contributed by atoms with Gasteiger partial charge in [0.15, 0.2) is 10.9 Å². The van der Waals surface area contributed by atoms with Crippen molar-refractivity contribution in [2.75, 3.05) is 0 Å². The summed E-state index contributed by atoms with van der Waals surface area (Å²) in [5.74, 6) is -0.00614. The van der Waals surface area contributed by atoms with Crippen molar-refractivity contribution in [3.05, 3.63) is 53.2 Å². The van der Waals surface area contributed by atoms with Crippen molar-refractivity contribution in [2.24, 2.45) is 7.05 Å². The molecule has 0 saturated carbocycles. The number of carbonyl (C=O) groups excluding carboxylic acids is 1. The Morgan fingerprint density at radius 2 is 2.28 bits per heavy atom. The fraction of sp³-hybridized carbons (Fsp3) is 0.154. The van der Waals surface area contributed by atoms with Crippen LogP contribution < -0.4 is 0 Å². The van der Waals surface area contributed by atoms with Gasteiger partial charge in [-0.05, 0) is 24.5 Å². The molecule has 0 bridgehead atoms. The molecule has 92 valence electrons. The third-order valence-corrected chi connectivity index (χ3v) is 3.22. The van der Waals surface area contributed by atoms with Crippen LogP contribution in [0.2, 0.25) is 0 Å². The fourth-order valence-electron chi connectivity index (χ4n) is 1.43.